The van der Waals surface area contributed by atoms with E-state index >= 15 is 0 Å². The number of aliphatic hydroxyl groups excluding tert-OH is 5. The number of hydrogen-bond donors (Lipinski definition) is 8. The van der Waals surface area contributed by atoms with Crippen molar-refractivity contribution in [3.05, 3.63) is 0 Å². The minimum Gasteiger partial charge on any atom is -0.480 e. The molecule has 1 saturated heterocycles. The molecule has 0 radical (unpaired) electrons. The summed E-state index contributed by atoms with van der Waals surface area (Å²) in [5.74, 6) is -1.24. The molecule has 1 aliphatic heterocycles. The molecule has 0 spiro atoms. The topological polar surface area (TPSA) is 186 Å². The number of rotatable bonds is 8. The van der Waals surface area contributed by atoms with Gasteiger partial charge in [-0.05, 0) is 12.8 Å². The lowest BCUT2D eigenvalue weighted by molar-refractivity contribution is -0.238. The highest BCUT2D eigenvalue weighted by molar-refractivity contribution is 5.73. The van der Waals surface area contributed by atoms with Gasteiger partial charge in [0.25, 0.3) is 0 Å². The molecule has 0 saturated carbocycles. The van der Waals surface area contributed by atoms with Crippen molar-refractivity contribution in [3.63, 3.8) is 0 Å². The van der Waals surface area contributed by atoms with E-state index in [0.29, 0.717) is 0 Å². The van der Waals surface area contributed by atoms with Gasteiger partial charge in [0.15, 0.2) is 0 Å². The van der Waals surface area contributed by atoms with E-state index in [0.717, 1.165) is 0 Å². The Morgan fingerprint density at radius 3 is 2.32 bits per heavy atom. The van der Waals surface area contributed by atoms with Crippen LogP contribution in [0.5, 0.6) is 0 Å². The zero-order chi connectivity index (χ0) is 16.9. The van der Waals surface area contributed by atoms with Crippen LogP contribution in [0.3, 0.4) is 0 Å². The summed E-state index contributed by atoms with van der Waals surface area (Å²) in [7, 11) is 0. The molecule has 0 unspecified atom stereocenters. The minimum atomic E-state index is -1.59. The Morgan fingerprint density at radius 2 is 1.82 bits per heavy atom. The fourth-order valence-corrected chi connectivity index (χ4v) is 2.19. The van der Waals surface area contributed by atoms with Crippen LogP contribution in [0.15, 0.2) is 0 Å². The maximum absolute atomic E-state index is 11.2. The van der Waals surface area contributed by atoms with Crippen molar-refractivity contribution in [2.24, 2.45) is 5.73 Å². The fraction of sp³-hybridized carbons (Fsp3) is 0.917. The van der Waals surface area contributed by atoms with Crippen molar-refractivity contribution in [3.8, 4) is 0 Å². The lowest BCUT2D eigenvalue weighted by Gasteiger charge is -2.41. The molecule has 9 N–H and O–H groups in total. The van der Waals surface area contributed by atoms with Gasteiger partial charge in [-0.25, -0.2) is 0 Å². The molecule has 0 amide bonds. The summed E-state index contributed by atoms with van der Waals surface area (Å²) in [4.78, 5) is 11.2. The van der Waals surface area contributed by atoms with Gasteiger partial charge in [-0.3, -0.25) is 10.1 Å². The molecular weight excluding hydrogens is 300 g/mol. The summed E-state index contributed by atoms with van der Waals surface area (Å²) in [6, 6.07) is -1.16. The predicted molar refractivity (Wildman–Crippen MR) is 72.6 cm³/mol. The molecule has 0 aromatic rings. The Labute approximate surface area is 127 Å². The third-order valence-corrected chi connectivity index (χ3v) is 3.62. The van der Waals surface area contributed by atoms with Gasteiger partial charge in [-0.1, -0.05) is 0 Å². The van der Waals surface area contributed by atoms with E-state index in [2.05, 4.69) is 5.32 Å². The minimum absolute atomic E-state index is 0.00755. The van der Waals surface area contributed by atoms with Crippen molar-refractivity contribution in [1.29, 1.82) is 0 Å². The number of aliphatic carboxylic acids is 1. The Bertz CT molecular complexity index is 356. The average molecular weight is 324 g/mol. The quantitative estimate of drug-likeness (QED) is 0.218. The van der Waals surface area contributed by atoms with Gasteiger partial charge in [0.1, 0.15) is 36.7 Å². The van der Waals surface area contributed by atoms with Crippen LogP contribution >= 0.6 is 0 Å². The summed E-state index contributed by atoms with van der Waals surface area (Å²) in [6.07, 6.45) is -7.79. The Hall–Kier alpha value is -0.850. The molecule has 22 heavy (non-hydrogen) atoms. The molecule has 0 aromatic heterocycles. The van der Waals surface area contributed by atoms with E-state index < -0.39 is 55.4 Å². The van der Waals surface area contributed by atoms with Crippen molar-refractivity contribution in [2.75, 3.05) is 13.2 Å². The number of carboxylic acids is 1. The van der Waals surface area contributed by atoms with Gasteiger partial charge in [0.2, 0.25) is 0 Å². The molecule has 0 aliphatic carbocycles. The summed E-state index contributed by atoms with van der Waals surface area (Å²) in [5, 5.41) is 59.2. The second-order valence-electron chi connectivity index (χ2n) is 5.27. The first kappa shape index (κ1) is 19.2. The van der Waals surface area contributed by atoms with Crippen LogP contribution in [0.2, 0.25) is 0 Å². The lowest BCUT2D eigenvalue weighted by Crippen LogP contribution is -2.64. The highest BCUT2D eigenvalue weighted by Crippen LogP contribution is 2.20. The van der Waals surface area contributed by atoms with E-state index in [4.69, 9.17) is 20.7 Å². The first-order valence-electron chi connectivity index (χ1n) is 6.99. The van der Waals surface area contributed by atoms with Crippen LogP contribution in [0.4, 0.5) is 0 Å². The third-order valence-electron chi connectivity index (χ3n) is 3.62. The monoisotopic (exact) mass is 324 g/mol. The number of carboxylic acid groups (broad SMARTS) is 1. The highest BCUT2D eigenvalue weighted by Gasteiger charge is 2.44. The zero-order valence-corrected chi connectivity index (χ0v) is 11.9. The van der Waals surface area contributed by atoms with Crippen molar-refractivity contribution in [1.82, 2.24) is 5.32 Å². The molecule has 0 aromatic carbocycles. The van der Waals surface area contributed by atoms with Gasteiger partial charge >= 0.3 is 5.97 Å². The first-order valence-corrected chi connectivity index (χ1v) is 6.99. The number of nitrogens with two attached hydrogens (primary N) is 1. The van der Waals surface area contributed by atoms with Crippen LogP contribution < -0.4 is 11.1 Å². The average Bonchev–Trinajstić information content (AvgIpc) is 2.50. The van der Waals surface area contributed by atoms with Gasteiger partial charge < -0.3 is 41.1 Å². The second-order valence-corrected chi connectivity index (χ2v) is 5.27. The lowest BCUT2D eigenvalue weighted by atomic mass is 9.97. The van der Waals surface area contributed by atoms with E-state index in [1.807, 2.05) is 0 Å². The number of nitrogens with one attached hydrogen (secondary N) is 1. The maximum Gasteiger partial charge on any atom is 0.320 e. The molecule has 1 fully saturated rings. The smallest absolute Gasteiger partial charge is 0.320 e. The van der Waals surface area contributed by atoms with Gasteiger partial charge in [0.05, 0.1) is 12.7 Å². The standard InChI is InChI=1S/C12H24N2O8/c13-3-5(16)1-2-6(12(20)21)14-11-10(19)9(18)8(17)7(4-15)22-11/h5-11,14-19H,1-4,13H2,(H,20,21)/t5-,6+,7-,8+,9+,10-,11+/m1/s1. The molecular formula is C12H24N2O8. The Morgan fingerprint density at radius 1 is 1.18 bits per heavy atom. The van der Waals surface area contributed by atoms with Crippen LogP contribution in [0, 0.1) is 0 Å². The van der Waals surface area contributed by atoms with E-state index in [1.54, 1.807) is 0 Å². The van der Waals surface area contributed by atoms with Gasteiger partial charge in [-0.15, -0.1) is 0 Å². The summed E-state index contributed by atoms with van der Waals surface area (Å²) in [5.41, 5.74) is 5.24. The second kappa shape index (κ2) is 8.70. The van der Waals surface area contributed by atoms with Crippen LogP contribution in [0.1, 0.15) is 12.8 Å². The molecule has 10 nitrogen and oxygen atoms in total. The Kier molecular flexibility index (Phi) is 7.59. The van der Waals surface area contributed by atoms with E-state index in [-0.39, 0.29) is 19.4 Å². The number of aliphatic hydroxyl groups is 5. The SMILES string of the molecule is NC[C@H](O)CC[C@H](N[C@H]1O[C@H](CO)[C@H](O)[C@H](O)[C@H]1O)C(=O)O. The number of ether oxygens (including phenoxy) is 1. The summed E-state index contributed by atoms with van der Waals surface area (Å²) in [6.45, 7) is -0.612. The maximum atomic E-state index is 11.2. The summed E-state index contributed by atoms with van der Waals surface area (Å²) < 4.78 is 5.17. The largest absolute Gasteiger partial charge is 0.480 e. The molecule has 10 heteroatoms. The Balaban J connectivity index is 2.68. The van der Waals surface area contributed by atoms with Gasteiger partial charge in [-0.2, -0.15) is 0 Å². The normalized spacial score (nSPS) is 35.1. The van der Waals surface area contributed by atoms with Crippen molar-refractivity contribution < 1.29 is 40.2 Å². The third kappa shape index (κ3) is 4.83. The molecule has 1 heterocycles. The number of hydrogen-bond acceptors (Lipinski definition) is 9. The predicted octanol–water partition coefficient (Wildman–Crippen LogP) is -4.07. The molecule has 7 atom stereocenters. The molecule has 1 aliphatic rings. The zero-order valence-electron chi connectivity index (χ0n) is 11.9. The van der Waals surface area contributed by atoms with Crippen LogP contribution in [-0.4, -0.2) is 92.5 Å². The number of carbonyl (C=O) groups is 1. The first-order chi connectivity index (χ1) is 10.3. The summed E-state index contributed by atoms with van der Waals surface area (Å²) >= 11 is 0. The van der Waals surface area contributed by atoms with Crippen LogP contribution in [-0.2, 0) is 9.53 Å². The highest BCUT2D eigenvalue weighted by atomic mass is 16.6. The van der Waals surface area contributed by atoms with E-state index in [1.165, 1.54) is 0 Å². The fourth-order valence-electron chi connectivity index (χ4n) is 2.19. The van der Waals surface area contributed by atoms with E-state index in [9.17, 15) is 25.2 Å². The van der Waals surface area contributed by atoms with Crippen molar-refractivity contribution >= 4 is 5.97 Å². The van der Waals surface area contributed by atoms with Crippen LogP contribution in [0.25, 0.3) is 0 Å². The molecule has 0 bridgehead atoms. The molecule has 130 valence electrons. The molecule has 1 rings (SSSR count). The van der Waals surface area contributed by atoms with Gasteiger partial charge in [0, 0.05) is 6.54 Å². The van der Waals surface area contributed by atoms with Crippen molar-refractivity contribution in [2.45, 2.75) is 55.6 Å².